The van der Waals surface area contributed by atoms with Crippen LogP contribution in [0.15, 0.2) is 48.5 Å². The number of carbonyl (C=O) groups excluding carboxylic acids is 1. The number of aryl methyl sites for hydroxylation is 1. The first kappa shape index (κ1) is 19.4. The van der Waals surface area contributed by atoms with Gasteiger partial charge in [0.25, 0.3) is 0 Å². The second kappa shape index (κ2) is 7.50. The highest BCUT2D eigenvalue weighted by Crippen LogP contribution is 2.43. The van der Waals surface area contributed by atoms with Crippen LogP contribution in [0.25, 0.3) is 10.9 Å². The first-order valence-electron chi connectivity index (χ1n) is 9.20. The number of halogens is 1. The van der Waals surface area contributed by atoms with E-state index in [9.17, 15) is 14.9 Å². The molecule has 4 rings (SSSR count). The zero-order chi connectivity index (χ0) is 20.7. The van der Waals surface area contributed by atoms with E-state index < -0.39 is 17.9 Å². The fourth-order valence-electron chi connectivity index (χ4n) is 4.36. The molecule has 0 bridgehead atoms. The van der Waals surface area contributed by atoms with Gasteiger partial charge in [0, 0.05) is 39.2 Å². The normalized spacial score (nSPS) is 21.0. The van der Waals surface area contributed by atoms with Crippen molar-refractivity contribution >= 4 is 28.5 Å². The van der Waals surface area contributed by atoms with Gasteiger partial charge in [0.05, 0.1) is 19.1 Å². The minimum Gasteiger partial charge on any atom is -0.468 e. The highest BCUT2D eigenvalue weighted by atomic mass is 35.5. The molecular weight excluding hydrogens is 394 g/mol. The number of hydrogen-bond donors (Lipinski definition) is 1. The maximum absolute atomic E-state index is 12.6. The number of rotatable bonds is 4. The van der Waals surface area contributed by atoms with Gasteiger partial charge in [-0.05, 0) is 23.8 Å². The molecule has 7 nitrogen and oxygen atoms in total. The van der Waals surface area contributed by atoms with Crippen LogP contribution in [-0.4, -0.2) is 35.2 Å². The Kier molecular flexibility index (Phi) is 5.02. The number of benzene rings is 2. The van der Waals surface area contributed by atoms with E-state index in [1.807, 2.05) is 48.0 Å². The number of aromatic nitrogens is 1. The number of methoxy groups -OCH3 is 1. The lowest BCUT2D eigenvalue weighted by Gasteiger charge is -2.35. The molecule has 0 radical (unpaired) electrons. The number of para-hydroxylation sites is 1. The molecule has 150 valence electrons. The Balaban J connectivity index is 1.99. The third-order valence-corrected chi connectivity index (χ3v) is 5.84. The number of ether oxygens (including phenoxy) is 1. The SMILES string of the molecule is COC(=O)[C@H]1N[C@H](c2ccc(Cl)cc2)c2c(n(C)c3ccccc23)[C@@H]1C[N+](=O)[O-]. The van der Waals surface area contributed by atoms with Gasteiger partial charge in [-0.15, -0.1) is 0 Å². The summed E-state index contributed by atoms with van der Waals surface area (Å²) in [6, 6.07) is 14.0. The fraction of sp³-hybridized carbons (Fsp3) is 0.286. The van der Waals surface area contributed by atoms with Gasteiger partial charge in [-0.25, -0.2) is 0 Å². The summed E-state index contributed by atoms with van der Waals surface area (Å²) in [4.78, 5) is 23.7. The first-order valence-corrected chi connectivity index (χ1v) is 9.58. The Morgan fingerprint density at radius 2 is 1.93 bits per heavy atom. The lowest BCUT2D eigenvalue weighted by atomic mass is 9.82. The van der Waals surface area contributed by atoms with Gasteiger partial charge >= 0.3 is 5.97 Å². The molecule has 29 heavy (non-hydrogen) atoms. The van der Waals surface area contributed by atoms with Gasteiger partial charge in [-0.1, -0.05) is 41.9 Å². The van der Waals surface area contributed by atoms with Crippen molar-refractivity contribution in [2.75, 3.05) is 13.7 Å². The summed E-state index contributed by atoms with van der Waals surface area (Å²) in [5.41, 5.74) is 3.59. The summed E-state index contributed by atoms with van der Waals surface area (Å²) < 4.78 is 6.94. The van der Waals surface area contributed by atoms with Gasteiger partial charge in [0.2, 0.25) is 6.54 Å². The second-order valence-electron chi connectivity index (χ2n) is 7.15. The third kappa shape index (κ3) is 3.26. The third-order valence-electron chi connectivity index (χ3n) is 5.59. The molecular formula is C21H20ClN3O4. The van der Waals surface area contributed by atoms with E-state index in [0.29, 0.717) is 5.02 Å². The summed E-state index contributed by atoms with van der Waals surface area (Å²) in [6.45, 7) is -0.378. The van der Waals surface area contributed by atoms with Crippen LogP contribution in [0.1, 0.15) is 28.8 Å². The van der Waals surface area contributed by atoms with Gasteiger partial charge in [0.1, 0.15) is 6.04 Å². The largest absolute Gasteiger partial charge is 0.468 e. The Labute approximate surface area is 172 Å². The second-order valence-corrected chi connectivity index (χ2v) is 7.59. The summed E-state index contributed by atoms with van der Waals surface area (Å²) >= 11 is 6.06. The quantitative estimate of drug-likeness (QED) is 0.402. The van der Waals surface area contributed by atoms with Crippen molar-refractivity contribution in [2.24, 2.45) is 7.05 Å². The molecule has 2 aromatic carbocycles. The van der Waals surface area contributed by atoms with Crippen LogP contribution in [0.4, 0.5) is 0 Å². The topological polar surface area (TPSA) is 86.4 Å². The predicted octanol–water partition coefficient (Wildman–Crippen LogP) is 3.43. The van der Waals surface area contributed by atoms with Crippen molar-refractivity contribution in [1.29, 1.82) is 0 Å². The number of nitrogens with one attached hydrogen (secondary N) is 1. The minimum absolute atomic E-state index is 0.333. The molecule has 2 heterocycles. The smallest absolute Gasteiger partial charge is 0.323 e. The maximum Gasteiger partial charge on any atom is 0.323 e. The van der Waals surface area contributed by atoms with Gasteiger partial charge < -0.3 is 9.30 Å². The molecule has 3 atom stereocenters. The zero-order valence-corrected chi connectivity index (χ0v) is 16.7. The molecule has 3 aromatic rings. The van der Waals surface area contributed by atoms with E-state index in [4.69, 9.17) is 16.3 Å². The number of nitrogens with zero attached hydrogens (tertiary/aromatic N) is 2. The van der Waals surface area contributed by atoms with E-state index in [2.05, 4.69) is 5.32 Å². The molecule has 8 heteroatoms. The van der Waals surface area contributed by atoms with Gasteiger partial charge in [-0.3, -0.25) is 20.2 Å². The van der Waals surface area contributed by atoms with Crippen LogP contribution in [0, 0.1) is 10.1 Å². The molecule has 0 amide bonds. The molecule has 1 aromatic heterocycles. The van der Waals surface area contributed by atoms with Crippen LogP contribution in [0.5, 0.6) is 0 Å². The van der Waals surface area contributed by atoms with Crippen LogP contribution in [0.3, 0.4) is 0 Å². The minimum atomic E-state index is -0.846. The molecule has 0 spiro atoms. The van der Waals surface area contributed by atoms with Crippen molar-refractivity contribution in [3.05, 3.63) is 80.5 Å². The molecule has 0 unspecified atom stereocenters. The monoisotopic (exact) mass is 413 g/mol. The lowest BCUT2D eigenvalue weighted by molar-refractivity contribution is -0.484. The van der Waals surface area contributed by atoms with Crippen LogP contribution >= 0.6 is 11.6 Å². The van der Waals surface area contributed by atoms with E-state index in [1.54, 1.807) is 12.1 Å². The Hall–Kier alpha value is -2.90. The molecule has 1 aliphatic rings. The van der Waals surface area contributed by atoms with Crippen molar-refractivity contribution in [3.8, 4) is 0 Å². The number of carbonyl (C=O) groups is 1. The van der Waals surface area contributed by atoms with Crippen LogP contribution < -0.4 is 5.32 Å². The molecule has 1 aliphatic heterocycles. The van der Waals surface area contributed by atoms with Crippen molar-refractivity contribution in [3.63, 3.8) is 0 Å². The highest BCUT2D eigenvalue weighted by Gasteiger charge is 2.45. The van der Waals surface area contributed by atoms with E-state index in [-0.39, 0.29) is 17.5 Å². The zero-order valence-electron chi connectivity index (χ0n) is 16.0. The summed E-state index contributed by atoms with van der Waals surface area (Å²) in [5.74, 6) is -1.18. The summed E-state index contributed by atoms with van der Waals surface area (Å²) in [7, 11) is 3.17. The first-order chi connectivity index (χ1) is 13.9. The van der Waals surface area contributed by atoms with Gasteiger partial charge in [-0.2, -0.15) is 0 Å². The Morgan fingerprint density at radius 1 is 1.24 bits per heavy atom. The van der Waals surface area contributed by atoms with E-state index in [0.717, 1.165) is 27.7 Å². The molecule has 1 N–H and O–H groups in total. The molecule has 0 aliphatic carbocycles. The Morgan fingerprint density at radius 3 is 2.59 bits per heavy atom. The van der Waals surface area contributed by atoms with Gasteiger partial charge in [0.15, 0.2) is 0 Å². The van der Waals surface area contributed by atoms with Crippen molar-refractivity contribution < 1.29 is 14.5 Å². The summed E-state index contributed by atoms with van der Waals surface area (Å²) in [6.07, 6.45) is 0. The molecule has 0 saturated heterocycles. The maximum atomic E-state index is 12.6. The number of esters is 1. The highest BCUT2D eigenvalue weighted by molar-refractivity contribution is 6.30. The Bertz CT molecular complexity index is 1090. The van der Waals surface area contributed by atoms with Crippen molar-refractivity contribution in [1.82, 2.24) is 9.88 Å². The number of fused-ring (bicyclic) bond motifs is 3. The van der Waals surface area contributed by atoms with E-state index >= 15 is 0 Å². The van der Waals surface area contributed by atoms with E-state index in [1.165, 1.54) is 7.11 Å². The van der Waals surface area contributed by atoms with Crippen molar-refractivity contribution in [2.45, 2.75) is 18.0 Å². The predicted molar refractivity (Wildman–Crippen MR) is 110 cm³/mol. The fourth-order valence-corrected chi connectivity index (χ4v) is 4.49. The number of nitro groups is 1. The lowest BCUT2D eigenvalue weighted by Crippen LogP contribution is -2.50. The van der Waals surface area contributed by atoms with Crippen LogP contribution in [-0.2, 0) is 16.6 Å². The average Bonchev–Trinajstić information content (AvgIpc) is 3.01. The number of hydrogen-bond acceptors (Lipinski definition) is 5. The van der Waals surface area contributed by atoms with Crippen LogP contribution in [0.2, 0.25) is 5.02 Å². The summed E-state index contributed by atoms with van der Waals surface area (Å²) in [5, 5.41) is 16.4. The molecule has 0 saturated carbocycles. The molecule has 0 fully saturated rings. The average molecular weight is 414 g/mol. The standard InChI is InChI=1S/C21H20ClN3O4/c1-24-16-6-4-3-5-14(16)17-18(12-7-9-13(22)10-8-12)23-19(21(26)29-2)15(20(17)24)11-25(27)28/h3-10,15,18-19,23H,11H2,1-2H3/t15-,18-,19+/m1/s1.